The van der Waals surface area contributed by atoms with E-state index in [1.54, 1.807) is 0 Å². The Kier molecular flexibility index (Phi) is 9.20. The van der Waals surface area contributed by atoms with E-state index in [1.807, 2.05) is 24.3 Å². The van der Waals surface area contributed by atoms with E-state index in [4.69, 9.17) is 14.0 Å². The number of benzene rings is 1. The molecule has 1 aliphatic heterocycles. The highest BCUT2D eigenvalue weighted by Crippen LogP contribution is 2.12. The van der Waals surface area contributed by atoms with Crippen molar-refractivity contribution in [3.8, 4) is 0 Å². The minimum absolute atomic E-state index is 0.00717. The number of nitrogens with one attached hydrogen (secondary N) is 1. The molecule has 1 N–H and O–H groups in total. The van der Waals surface area contributed by atoms with Crippen LogP contribution in [-0.2, 0) is 33.7 Å². The van der Waals surface area contributed by atoms with E-state index < -0.39 is 0 Å². The largest absolute Gasteiger partial charge is 0.381 e. The van der Waals surface area contributed by atoms with Gasteiger partial charge in [-0.25, -0.2) is 0 Å². The third-order valence-corrected chi connectivity index (χ3v) is 5.13. The zero-order valence-corrected chi connectivity index (χ0v) is 17.1. The van der Waals surface area contributed by atoms with Gasteiger partial charge in [-0.05, 0) is 24.8 Å². The van der Waals surface area contributed by atoms with Gasteiger partial charge in [0.25, 0.3) is 0 Å². The van der Waals surface area contributed by atoms with E-state index in [-0.39, 0.29) is 12.3 Å². The van der Waals surface area contributed by atoms with Crippen LogP contribution in [0.2, 0.25) is 0 Å². The predicted octanol–water partition coefficient (Wildman–Crippen LogP) is 3.69. The zero-order valence-electron chi connectivity index (χ0n) is 17.1. The summed E-state index contributed by atoms with van der Waals surface area (Å²) < 4.78 is 16.4. The molecule has 1 aromatic carbocycles. The first-order valence-electron chi connectivity index (χ1n) is 10.7. The molecule has 0 radical (unpaired) electrons. The van der Waals surface area contributed by atoms with Crippen molar-refractivity contribution in [2.24, 2.45) is 5.92 Å². The Morgan fingerprint density at radius 3 is 2.86 bits per heavy atom. The van der Waals surface area contributed by atoms with E-state index in [9.17, 15) is 4.79 Å². The predicted molar refractivity (Wildman–Crippen MR) is 110 cm³/mol. The fourth-order valence-electron chi connectivity index (χ4n) is 3.41. The van der Waals surface area contributed by atoms with Crippen LogP contribution in [-0.4, -0.2) is 37.4 Å². The van der Waals surface area contributed by atoms with Crippen LogP contribution in [0.1, 0.15) is 49.1 Å². The van der Waals surface area contributed by atoms with Crippen molar-refractivity contribution in [3.63, 3.8) is 0 Å². The molecule has 1 atom stereocenters. The normalized spacial score (nSPS) is 16.2. The molecule has 2 aromatic rings. The highest BCUT2D eigenvalue weighted by atomic mass is 16.5. The van der Waals surface area contributed by atoms with Crippen LogP contribution in [0.15, 0.2) is 40.9 Å². The van der Waals surface area contributed by atoms with Crippen molar-refractivity contribution >= 4 is 5.91 Å². The first-order valence-corrected chi connectivity index (χ1v) is 10.7. The number of hydrogen-bond donors (Lipinski definition) is 1. The summed E-state index contributed by atoms with van der Waals surface area (Å²) in [5.41, 5.74) is 1.92. The van der Waals surface area contributed by atoms with Gasteiger partial charge in [-0.2, -0.15) is 0 Å². The molecule has 2 heterocycles. The van der Waals surface area contributed by atoms with E-state index >= 15 is 0 Å². The van der Waals surface area contributed by atoms with Gasteiger partial charge < -0.3 is 19.3 Å². The summed E-state index contributed by atoms with van der Waals surface area (Å²) in [6.07, 6.45) is 6.56. The third-order valence-electron chi connectivity index (χ3n) is 5.13. The summed E-state index contributed by atoms with van der Waals surface area (Å²) in [6, 6.07) is 12.2. The number of ether oxygens (including phenoxy) is 2. The molecule has 158 valence electrons. The third kappa shape index (κ3) is 8.38. The van der Waals surface area contributed by atoms with Crippen LogP contribution in [0.25, 0.3) is 0 Å². The average Bonchev–Trinajstić information content (AvgIpc) is 3.41. The summed E-state index contributed by atoms with van der Waals surface area (Å²) in [5, 5.41) is 6.98. The second kappa shape index (κ2) is 12.4. The van der Waals surface area contributed by atoms with Crippen LogP contribution in [0.4, 0.5) is 0 Å². The number of carbonyl (C=O) groups excluding carboxylic acids is 1. The molecule has 3 rings (SSSR count). The lowest BCUT2D eigenvalue weighted by Crippen LogP contribution is -2.30. The quantitative estimate of drug-likeness (QED) is 0.519. The maximum atomic E-state index is 12.0. The van der Waals surface area contributed by atoms with Crippen molar-refractivity contribution < 1.29 is 18.8 Å². The van der Waals surface area contributed by atoms with E-state index in [0.29, 0.717) is 24.8 Å². The lowest BCUT2D eigenvalue weighted by molar-refractivity contribution is -0.120. The molecule has 1 amide bonds. The van der Waals surface area contributed by atoms with Crippen molar-refractivity contribution in [2.75, 3.05) is 26.4 Å². The van der Waals surface area contributed by atoms with Crippen LogP contribution >= 0.6 is 0 Å². The monoisotopic (exact) mass is 400 g/mol. The molecule has 0 bridgehead atoms. The van der Waals surface area contributed by atoms with Gasteiger partial charge in [0.05, 0.1) is 25.3 Å². The Hall–Kier alpha value is -2.18. The lowest BCUT2D eigenvalue weighted by atomic mass is 10.1. The molecule has 1 fully saturated rings. The molecule has 29 heavy (non-hydrogen) atoms. The second-order valence-corrected chi connectivity index (χ2v) is 7.70. The maximum absolute atomic E-state index is 12.0. The van der Waals surface area contributed by atoms with Gasteiger partial charge in [0.2, 0.25) is 5.91 Å². The minimum Gasteiger partial charge on any atom is -0.381 e. The first kappa shape index (κ1) is 21.5. The fraction of sp³-hybridized carbons (Fsp3) is 0.565. The minimum atomic E-state index is -0.00717. The highest BCUT2D eigenvalue weighted by molar-refractivity contribution is 5.78. The molecule has 6 heteroatoms. The maximum Gasteiger partial charge on any atom is 0.226 e. The van der Waals surface area contributed by atoms with Gasteiger partial charge in [0, 0.05) is 38.2 Å². The standard InChI is InChI=1S/C23H32N2O4/c26-23(24-16-20-11-13-28-18-20)15-21-14-22(29-25-21)10-6-1-2-7-12-27-17-19-8-4-3-5-9-19/h3-5,8-9,14,20H,1-2,6-7,10-13,15-18H2,(H,24,26). The van der Waals surface area contributed by atoms with E-state index in [0.717, 1.165) is 64.1 Å². The summed E-state index contributed by atoms with van der Waals surface area (Å²) >= 11 is 0. The van der Waals surface area contributed by atoms with Crippen molar-refractivity contribution in [1.82, 2.24) is 10.5 Å². The number of nitrogens with zero attached hydrogens (tertiary/aromatic N) is 1. The van der Waals surface area contributed by atoms with E-state index in [1.165, 1.54) is 5.56 Å². The number of hydrogen-bond acceptors (Lipinski definition) is 5. The Morgan fingerprint density at radius 2 is 2.03 bits per heavy atom. The van der Waals surface area contributed by atoms with Gasteiger partial charge in [-0.15, -0.1) is 0 Å². The van der Waals surface area contributed by atoms with Crippen molar-refractivity contribution in [1.29, 1.82) is 0 Å². The molecule has 1 aliphatic rings. The van der Waals surface area contributed by atoms with Crippen LogP contribution < -0.4 is 5.32 Å². The first-order chi connectivity index (χ1) is 14.3. The number of amides is 1. The van der Waals surface area contributed by atoms with Crippen LogP contribution in [0, 0.1) is 5.92 Å². The SMILES string of the molecule is O=C(Cc1cc(CCCCCCOCc2ccccc2)on1)NCC1CCOC1. The molecule has 0 saturated carbocycles. The summed E-state index contributed by atoms with van der Waals surface area (Å²) in [5.74, 6) is 1.29. The number of unbranched alkanes of at least 4 members (excludes halogenated alkanes) is 3. The van der Waals surface area contributed by atoms with Crippen molar-refractivity contribution in [2.45, 2.75) is 51.6 Å². The smallest absolute Gasteiger partial charge is 0.226 e. The van der Waals surface area contributed by atoms with Gasteiger partial charge in [0.15, 0.2) is 0 Å². The Balaban J connectivity index is 1.20. The second-order valence-electron chi connectivity index (χ2n) is 7.70. The number of rotatable bonds is 13. The van der Waals surface area contributed by atoms with Gasteiger partial charge >= 0.3 is 0 Å². The Morgan fingerprint density at radius 1 is 1.17 bits per heavy atom. The summed E-state index contributed by atoms with van der Waals surface area (Å²) in [6.45, 7) is 3.70. The Bertz CT molecular complexity index is 711. The van der Waals surface area contributed by atoms with Crippen LogP contribution in [0.5, 0.6) is 0 Å². The van der Waals surface area contributed by atoms with E-state index in [2.05, 4.69) is 22.6 Å². The summed E-state index contributed by atoms with van der Waals surface area (Å²) in [7, 11) is 0. The topological polar surface area (TPSA) is 73.6 Å². The number of carbonyl (C=O) groups is 1. The highest BCUT2D eigenvalue weighted by Gasteiger charge is 2.17. The molecule has 0 spiro atoms. The number of aromatic nitrogens is 1. The fourth-order valence-corrected chi connectivity index (χ4v) is 3.41. The molecule has 1 saturated heterocycles. The lowest BCUT2D eigenvalue weighted by Gasteiger charge is -2.08. The van der Waals surface area contributed by atoms with Gasteiger partial charge in [-0.1, -0.05) is 48.3 Å². The average molecular weight is 401 g/mol. The molecule has 1 unspecified atom stereocenters. The molecule has 6 nitrogen and oxygen atoms in total. The molecular weight excluding hydrogens is 368 g/mol. The molecule has 1 aromatic heterocycles. The zero-order chi connectivity index (χ0) is 20.2. The van der Waals surface area contributed by atoms with Crippen LogP contribution in [0.3, 0.4) is 0 Å². The number of aryl methyl sites for hydroxylation is 1. The van der Waals surface area contributed by atoms with Gasteiger partial charge in [-0.3, -0.25) is 4.79 Å². The Labute approximate surface area is 172 Å². The van der Waals surface area contributed by atoms with Gasteiger partial charge in [0.1, 0.15) is 5.76 Å². The summed E-state index contributed by atoms with van der Waals surface area (Å²) in [4.78, 5) is 12.0. The molecular formula is C23H32N2O4. The molecule has 0 aliphatic carbocycles. The van der Waals surface area contributed by atoms with Crippen molar-refractivity contribution in [3.05, 3.63) is 53.4 Å².